The lowest BCUT2D eigenvalue weighted by Crippen LogP contribution is -2.38. The van der Waals surface area contributed by atoms with Crippen molar-refractivity contribution in [2.24, 2.45) is 0 Å². The first kappa shape index (κ1) is 23.3. The van der Waals surface area contributed by atoms with Gasteiger partial charge in [-0.2, -0.15) is 0 Å². The van der Waals surface area contributed by atoms with Crippen LogP contribution >= 0.6 is 12.4 Å². The Morgan fingerprint density at radius 1 is 1.10 bits per heavy atom. The first-order valence-electron chi connectivity index (χ1n) is 9.37. The van der Waals surface area contributed by atoms with Crippen LogP contribution in [0.1, 0.15) is 35.7 Å². The Labute approximate surface area is 180 Å². The second-order valence-electron chi connectivity index (χ2n) is 6.77. The number of pyridine rings is 1. The van der Waals surface area contributed by atoms with Gasteiger partial charge in [0, 0.05) is 31.2 Å². The molecule has 0 bridgehead atoms. The third kappa shape index (κ3) is 6.23. The average Bonchev–Trinajstić information content (AvgIpc) is 2.76. The van der Waals surface area contributed by atoms with Crippen molar-refractivity contribution >= 4 is 36.4 Å². The van der Waals surface area contributed by atoms with Crippen LogP contribution in [0, 0.1) is 5.82 Å². The van der Waals surface area contributed by atoms with E-state index in [9.17, 15) is 14.0 Å². The molecule has 1 unspecified atom stereocenters. The third-order valence-corrected chi connectivity index (χ3v) is 4.78. The number of carbonyl (C=O) groups excluding carboxylic acids is 2. The van der Waals surface area contributed by atoms with Gasteiger partial charge in [0.15, 0.2) is 0 Å². The highest BCUT2D eigenvalue weighted by molar-refractivity contribution is 5.92. The number of nitrogens with one attached hydrogen (secondary N) is 1. The van der Waals surface area contributed by atoms with Crippen molar-refractivity contribution in [1.29, 1.82) is 0 Å². The lowest BCUT2D eigenvalue weighted by Gasteiger charge is -2.32. The van der Waals surface area contributed by atoms with Gasteiger partial charge < -0.3 is 4.90 Å². The topological polar surface area (TPSA) is 82.5 Å². The second-order valence-corrected chi connectivity index (χ2v) is 6.77. The molecule has 0 radical (unpaired) electrons. The van der Waals surface area contributed by atoms with E-state index < -0.39 is 5.91 Å². The van der Waals surface area contributed by atoms with Gasteiger partial charge in [-0.05, 0) is 48.8 Å². The molecule has 1 aromatic carbocycles. The monoisotopic (exact) mass is 431 g/mol. The zero-order valence-electron chi connectivity index (χ0n) is 16.2. The van der Waals surface area contributed by atoms with Crippen molar-refractivity contribution < 1.29 is 19.2 Å². The number of likely N-dealkylation sites (tertiary alicyclic amines) is 1. The summed E-state index contributed by atoms with van der Waals surface area (Å²) in [5.41, 5.74) is 3.24. The SMILES string of the molecule is Cl.O=C(C=Cc1cccc(C=CC(=O)N2CCCC(c3ccccc3F)C2)n1)NO. The lowest BCUT2D eigenvalue weighted by molar-refractivity contribution is -0.127. The van der Waals surface area contributed by atoms with Gasteiger partial charge in [0.1, 0.15) is 5.82 Å². The maximum absolute atomic E-state index is 14.1. The summed E-state index contributed by atoms with van der Waals surface area (Å²) in [7, 11) is 0. The van der Waals surface area contributed by atoms with Gasteiger partial charge in [0.2, 0.25) is 5.91 Å². The number of hydroxylamine groups is 1. The van der Waals surface area contributed by atoms with Crippen molar-refractivity contribution in [2.45, 2.75) is 18.8 Å². The smallest absolute Gasteiger partial charge is 0.267 e. The van der Waals surface area contributed by atoms with Crippen molar-refractivity contribution in [3.8, 4) is 0 Å². The van der Waals surface area contributed by atoms with Gasteiger partial charge >= 0.3 is 0 Å². The van der Waals surface area contributed by atoms with E-state index in [1.54, 1.807) is 41.3 Å². The Hall–Kier alpha value is -3.03. The fraction of sp³-hybridized carbons (Fsp3) is 0.227. The zero-order chi connectivity index (χ0) is 20.6. The number of benzene rings is 1. The highest BCUT2D eigenvalue weighted by Gasteiger charge is 2.25. The highest BCUT2D eigenvalue weighted by Crippen LogP contribution is 2.28. The molecular formula is C22H23ClFN3O3. The van der Waals surface area contributed by atoms with Gasteiger partial charge in [-0.25, -0.2) is 14.9 Å². The predicted octanol–water partition coefficient (Wildman–Crippen LogP) is 3.58. The summed E-state index contributed by atoms with van der Waals surface area (Å²) < 4.78 is 14.1. The van der Waals surface area contributed by atoms with Gasteiger partial charge in [0.25, 0.3) is 5.91 Å². The van der Waals surface area contributed by atoms with Crippen LogP contribution in [0.25, 0.3) is 12.2 Å². The Morgan fingerprint density at radius 3 is 2.50 bits per heavy atom. The van der Waals surface area contributed by atoms with E-state index in [0.29, 0.717) is 30.0 Å². The molecule has 158 valence electrons. The van der Waals surface area contributed by atoms with Crippen LogP contribution in [0.2, 0.25) is 0 Å². The van der Waals surface area contributed by atoms with Gasteiger partial charge in [0.05, 0.1) is 11.4 Å². The number of rotatable bonds is 5. The molecule has 1 aromatic heterocycles. The van der Waals surface area contributed by atoms with Gasteiger partial charge in [-0.3, -0.25) is 14.8 Å². The quantitative estimate of drug-likeness (QED) is 0.430. The first-order chi connectivity index (χ1) is 14.1. The number of carbonyl (C=O) groups is 2. The number of aromatic nitrogens is 1. The summed E-state index contributed by atoms with van der Waals surface area (Å²) in [6, 6.07) is 11.9. The lowest BCUT2D eigenvalue weighted by atomic mass is 9.90. The fourth-order valence-electron chi connectivity index (χ4n) is 3.35. The predicted molar refractivity (Wildman–Crippen MR) is 114 cm³/mol. The minimum Gasteiger partial charge on any atom is -0.339 e. The Kier molecular flexibility index (Phi) is 8.70. The minimum absolute atomic E-state index is 0. The van der Waals surface area contributed by atoms with E-state index in [-0.39, 0.29) is 30.0 Å². The maximum Gasteiger partial charge on any atom is 0.267 e. The minimum atomic E-state index is -0.655. The summed E-state index contributed by atoms with van der Waals surface area (Å²) in [5.74, 6) is -1.04. The molecule has 1 aliphatic heterocycles. The molecule has 0 spiro atoms. The third-order valence-electron chi connectivity index (χ3n) is 4.78. The van der Waals surface area contributed by atoms with Crippen molar-refractivity contribution in [1.82, 2.24) is 15.4 Å². The van der Waals surface area contributed by atoms with E-state index in [4.69, 9.17) is 5.21 Å². The van der Waals surface area contributed by atoms with Crippen molar-refractivity contribution in [2.75, 3.05) is 13.1 Å². The molecule has 2 N–H and O–H groups in total. The molecule has 1 atom stereocenters. The van der Waals surface area contributed by atoms with Crippen molar-refractivity contribution in [3.05, 3.63) is 77.4 Å². The van der Waals surface area contributed by atoms with E-state index in [2.05, 4.69) is 4.98 Å². The number of piperidine rings is 1. The average molecular weight is 432 g/mol. The zero-order valence-corrected chi connectivity index (χ0v) is 17.0. The molecule has 3 rings (SSSR count). The Morgan fingerprint density at radius 2 is 1.80 bits per heavy atom. The summed E-state index contributed by atoms with van der Waals surface area (Å²) in [4.78, 5) is 29.7. The summed E-state index contributed by atoms with van der Waals surface area (Å²) in [6.45, 7) is 1.12. The molecule has 2 heterocycles. The normalized spacial score (nSPS) is 16.5. The number of nitrogens with zero attached hydrogens (tertiary/aromatic N) is 2. The molecule has 2 amide bonds. The molecule has 30 heavy (non-hydrogen) atoms. The molecule has 0 aliphatic carbocycles. The van der Waals surface area contributed by atoms with Crippen LogP contribution in [0.15, 0.2) is 54.6 Å². The Bertz CT molecular complexity index is 949. The van der Waals surface area contributed by atoms with Gasteiger partial charge in [-0.1, -0.05) is 24.3 Å². The Balaban J connectivity index is 0.00000320. The molecule has 1 aliphatic rings. The number of hydrogen-bond donors (Lipinski definition) is 2. The molecule has 6 nitrogen and oxygen atoms in total. The van der Waals surface area contributed by atoms with Gasteiger partial charge in [-0.15, -0.1) is 12.4 Å². The van der Waals surface area contributed by atoms with E-state index >= 15 is 0 Å². The van der Waals surface area contributed by atoms with E-state index in [0.717, 1.165) is 18.9 Å². The van der Waals surface area contributed by atoms with Crippen LogP contribution in [-0.4, -0.2) is 40.0 Å². The van der Waals surface area contributed by atoms with Crippen LogP contribution in [0.5, 0.6) is 0 Å². The second kappa shape index (κ2) is 11.2. The molecular weight excluding hydrogens is 409 g/mol. The molecule has 1 saturated heterocycles. The van der Waals surface area contributed by atoms with Crippen LogP contribution in [-0.2, 0) is 9.59 Å². The van der Waals surface area contributed by atoms with E-state index in [1.165, 1.54) is 23.7 Å². The largest absolute Gasteiger partial charge is 0.339 e. The number of hydrogen-bond acceptors (Lipinski definition) is 4. The highest BCUT2D eigenvalue weighted by atomic mass is 35.5. The molecule has 0 saturated carbocycles. The standard InChI is InChI=1S/C22H22FN3O3.ClH/c23-20-9-2-1-8-19(20)16-5-4-14-26(15-16)22(28)13-11-18-7-3-6-17(24-18)10-12-21(27)25-29;/h1-3,6-13,16,29H,4-5,14-15H2,(H,25,27);1H. The summed E-state index contributed by atoms with van der Waals surface area (Å²) in [6.07, 6.45) is 7.35. The fourth-order valence-corrected chi connectivity index (χ4v) is 3.35. The molecule has 1 fully saturated rings. The van der Waals surface area contributed by atoms with Crippen LogP contribution < -0.4 is 5.48 Å². The number of halogens is 2. The van der Waals surface area contributed by atoms with Crippen LogP contribution in [0.4, 0.5) is 4.39 Å². The number of amides is 2. The first-order valence-corrected chi connectivity index (χ1v) is 9.37. The molecule has 2 aromatic rings. The molecule has 8 heteroatoms. The summed E-state index contributed by atoms with van der Waals surface area (Å²) >= 11 is 0. The van der Waals surface area contributed by atoms with Crippen molar-refractivity contribution in [3.63, 3.8) is 0 Å². The van der Waals surface area contributed by atoms with Crippen LogP contribution in [0.3, 0.4) is 0 Å². The maximum atomic E-state index is 14.1. The van der Waals surface area contributed by atoms with E-state index in [1.807, 2.05) is 6.07 Å². The summed E-state index contributed by atoms with van der Waals surface area (Å²) in [5, 5.41) is 8.50.